The third kappa shape index (κ3) is 3.27. The number of carbonyl (C=O) groups excluding carboxylic acids is 1. The zero-order valence-electron chi connectivity index (χ0n) is 8.47. The Labute approximate surface area is 99.9 Å². The largest absolute Gasteiger partial charge is 0.466 e. The molecule has 0 spiro atoms. The molecule has 1 aromatic rings. The van der Waals surface area contributed by atoms with Gasteiger partial charge in [-0.2, -0.15) is 0 Å². The maximum atomic E-state index is 11.2. The monoisotopic (exact) mass is 288 g/mol. The van der Waals surface area contributed by atoms with Gasteiger partial charge >= 0.3 is 11.8 Å². The molecule has 6 nitrogen and oxygen atoms in total. The maximum Gasteiger partial charge on any atom is 0.363 e. The van der Waals surface area contributed by atoms with E-state index in [9.17, 15) is 14.9 Å². The number of ether oxygens (including phenoxy) is 1. The number of halogens is 1. The average Bonchev–Trinajstić information content (AvgIpc) is 2.21. The second kappa shape index (κ2) is 5.55. The number of esters is 1. The highest BCUT2D eigenvalue weighted by atomic mass is 79.9. The lowest BCUT2D eigenvalue weighted by Crippen LogP contribution is -2.10. The number of pyridine rings is 1. The Morgan fingerprint density at radius 2 is 2.31 bits per heavy atom. The van der Waals surface area contributed by atoms with Crippen LogP contribution in [0, 0.1) is 10.1 Å². The SMILES string of the molecule is CCOC(=O)Cc1nc([N+](=O)[O-])ccc1Br. The van der Waals surface area contributed by atoms with Gasteiger partial charge in [-0.15, -0.1) is 0 Å². The van der Waals surface area contributed by atoms with Crippen LogP contribution in [-0.4, -0.2) is 22.5 Å². The molecule has 1 rings (SSSR count). The molecule has 0 saturated carbocycles. The summed E-state index contributed by atoms with van der Waals surface area (Å²) in [4.78, 5) is 24.8. The molecule has 16 heavy (non-hydrogen) atoms. The van der Waals surface area contributed by atoms with Crippen molar-refractivity contribution in [3.8, 4) is 0 Å². The van der Waals surface area contributed by atoms with Gasteiger partial charge in [-0.1, -0.05) is 0 Å². The van der Waals surface area contributed by atoms with Crippen molar-refractivity contribution in [3.63, 3.8) is 0 Å². The van der Waals surface area contributed by atoms with Gasteiger partial charge in [-0.3, -0.25) is 4.79 Å². The molecule has 0 atom stereocenters. The van der Waals surface area contributed by atoms with E-state index in [1.54, 1.807) is 6.92 Å². The standard InChI is InChI=1S/C9H9BrN2O4/c1-2-16-9(13)5-7-6(10)3-4-8(11-7)12(14)15/h3-4H,2,5H2,1H3. The van der Waals surface area contributed by atoms with Crippen molar-refractivity contribution in [1.82, 2.24) is 4.98 Å². The molecular weight excluding hydrogens is 280 g/mol. The number of aromatic nitrogens is 1. The van der Waals surface area contributed by atoms with Gasteiger partial charge in [-0.05, 0) is 38.8 Å². The number of rotatable bonds is 4. The third-order valence-corrected chi connectivity index (χ3v) is 2.43. The van der Waals surface area contributed by atoms with Gasteiger partial charge in [0.15, 0.2) is 5.69 Å². The molecule has 1 aromatic heterocycles. The van der Waals surface area contributed by atoms with E-state index in [1.807, 2.05) is 0 Å². The molecule has 1 heterocycles. The van der Waals surface area contributed by atoms with Crippen molar-refractivity contribution in [2.45, 2.75) is 13.3 Å². The number of hydrogen-bond acceptors (Lipinski definition) is 5. The topological polar surface area (TPSA) is 82.3 Å². The maximum absolute atomic E-state index is 11.2. The summed E-state index contributed by atoms with van der Waals surface area (Å²) in [5, 5.41) is 10.5. The van der Waals surface area contributed by atoms with E-state index in [4.69, 9.17) is 4.74 Å². The lowest BCUT2D eigenvalue weighted by atomic mass is 10.3. The van der Waals surface area contributed by atoms with E-state index in [0.717, 1.165) is 0 Å². The second-order valence-corrected chi connectivity index (χ2v) is 3.69. The molecule has 0 N–H and O–H groups in total. The van der Waals surface area contributed by atoms with Gasteiger partial charge in [0.1, 0.15) is 6.42 Å². The van der Waals surface area contributed by atoms with Crippen LogP contribution in [0.1, 0.15) is 12.6 Å². The van der Waals surface area contributed by atoms with Crippen molar-refractivity contribution in [2.24, 2.45) is 0 Å². The van der Waals surface area contributed by atoms with E-state index >= 15 is 0 Å². The first-order valence-corrected chi connectivity index (χ1v) is 5.29. The Morgan fingerprint density at radius 1 is 1.62 bits per heavy atom. The molecule has 86 valence electrons. The molecule has 0 aliphatic heterocycles. The molecule has 0 unspecified atom stereocenters. The zero-order chi connectivity index (χ0) is 12.1. The lowest BCUT2D eigenvalue weighted by molar-refractivity contribution is -0.389. The minimum Gasteiger partial charge on any atom is -0.466 e. The molecule has 0 amide bonds. The van der Waals surface area contributed by atoms with Gasteiger partial charge in [0.2, 0.25) is 0 Å². The Hall–Kier alpha value is -1.50. The van der Waals surface area contributed by atoms with Crippen LogP contribution in [-0.2, 0) is 16.0 Å². The van der Waals surface area contributed by atoms with Gasteiger partial charge in [0.25, 0.3) is 0 Å². The van der Waals surface area contributed by atoms with Crippen LogP contribution in [0.3, 0.4) is 0 Å². The Bertz CT molecular complexity index is 422. The van der Waals surface area contributed by atoms with Crippen LogP contribution in [0.15, 0.2) is 16.6 Å². The fraction of sp³-hybridized carbons (Fsp3) is 0.333. The number of nitro groups is 1. The minimum atomic E-state index is -0.610. The van der Waals surface area contributed by atoms with Gasteiger partial charge in [0, 0.05) is 6.07 Å². The molecule has 7 heteroatoms. The molecule has 0 fully saturated rings. The predicted molar refractivity (Wildman–Crippen MR) is 58.9 cm³/mol. The number of carbonyl (C=O) groups is 1. The molecular formula is C9H9BrN2O4. The third-order valence-electron chi connectivity index (χ3n) is 1.71. The molecule has 0 radical (unpaired) electrons. The average molecular weight is 289 g/mol. The van der Waals surface area contributed by atoms with Gasteiger partial charge in [-0.25, -0.2) is 0 Å². The smallest absolute Gasteiger partial charge is 0.363 e. The summed E-state index contributed by atoms with van der Waals surface area (Å²) in [6.07, 6.45) is -0.0872. The fourth-order valence-electron chi connectivity index (χ4n) is 1.05. The zero-order valence-corrected chi connectivity index (χ0v) is 10.1. The van der Waals surface area contributed by atoms with Crippen LogP contribution < -0.4 is 0 Å². The van der Waals surface area contributed by atoms with E-state index in [1.165, 1.54) is 12.1 Å². The van der Waals surface area contributed by atoms with E-state index in [2.05, 4.69) is 20.9 Å². The highest BCUT2D eigenvalue weighted by Gasteiger charge is 2.17. The highest BCUT2D eigenvalue weighted by Crippen LogP contribution is 2.19. The summed E-state index contributed by atoms with van der Waals surface area (Å²) in [7, 11) is 0. The van der Waals surface area contributed by atoms with Crippen molar-refractivity contribution in [2.75, 3.05) is 6.61 Å². The molecule has 0 aromatic carbocycles. The lowest BCUT2D eigenvalue weighted by Gasteiger charge is -2.00. The van der Waals surface area contributed by atoms with Crippen molar-refractivity contribution >= 4 is 27.7 Å². The van der Waals surface area contributed by atoms with E-state index < -0.39 is 10.9 Å². The highest BCUT2D eigenvalue weighted by molar-refractivity contribution is 9.10. The number of hydrogen-bond donors (Lipinski definition) is 0. The second-order valence-electron chi connectivity index (χ2n) is 2.84. The van der Waals surface area contributed by atoms with Gasteiger partial charge < -0.3 is 14.9 Å². The molecule has 0 aliphatic carbocycles. The molecule has 0 aliphatic rings. The summed E-state index contributed by atoms with van der Waals surface area (Å²) in [5.41, 5.74) is 0.299. The normalized spacial score (nSPS) is 9.88. The minimum absolute atomic E-state index is 0.0872. The summed E-state index contributed by atoms with van der Waals surface area (Å²) in [6, 6.07) is 2.75. The first kappa shape index (κ1) is 12.6. The van der Waals surface area contributed by atoms with Crippen molar-refractivity contribution in [3.05, 3.63) is 32.4 Å². The van der Waals surface area contributed by atoms with Crippen LogP contribution in [0.25, 0.3) is 0 Å². The summed E-state index contributed by atoms with van der Waals surface area (Å²) < 4.78 is 5.28. The van der Waals surface area contributed by atoms with Gasteiger partial charge in [0.05, 0.1) is 11.1 Å². The van der Waals surface area contributed by atoms with E-state index in [0.29, 0.717) is 10.2 Å². The summed E-state index contributed by atoms with van der Waals surface area (Å²) in [6.45, 7) is 1.96. The molecule has 0 saturated heterocycles. The van der Waals surface area contributed by atoms with E-state index in [-0.39, 0.29) is 18.8 Å². The quantitative estimate of drug-likeness (QED) is 0.480. The Morgan fingerprint density at radius 3 is 2.88 bits per heavy atom. The van der Waals surface area contributed by atoms with Crippen molar-refractivity contribution in [1.29, 1.82) is 0 Å². The predicted octanol–water partition coefficient (Wildman–Crippen LogP) is 1.86. The fourth-order valence-corrected chi connectivity index (χ4v) is 1.41. The first-order valence-electron chi connectivity index (χ1n) is 4.50. The Kier molecular flexibility index (Phi) is 4.36. The van der Waals surface area contributed by atoms with Crippen LogP contribution in [0.4, 0.5) is 5.82 Å². The molecule has 0 bridgehead atoms. The van der Waals surface area contributed by atoms with Crippen LogP contribution in [0.5, 0.6) is 0 Å². The number of nitrogens with zero attached hydrogens (tertiary/aromatic N) is 2. The van der Waals surface area contributed by atoms with Crippen molar-refractivity contribution < 1.29 is 14.5 Å². The summed E-state index contributed by atoms with van der Waals surface area (Å²) >= 11 is 3.17. The first-order chi connectivity index (χ1) is 7.54. The Balaban J connectivity index is 2.90. The summed E-state index contributed by atoms with van der Waals surface area (Å²) in [5.74, 6) is -0.751. The van der Waals surface area contributed by atoms with Crippen LogP contribution in [0.2, 0.25) is 0 Å². The van der Waals surface area contributed by atoms with Crippen LogP contribution >= 0.6 is 15.9 Å².